The molecule has 5 nitrogen and oxygen atoms in total. The predicted octanol–water partition coefficient (Wildman–Crippen LogP) is 0.880. The summed E-state index contributed by atoms with van der Waals surface area (Å²) in [5.41, 5.74) is 0. The fourth-order valence-electron chi connectivity index (χ4n) is 1.36. The van der Waals surface area contributed by atoms with Gasteiger partial charge in [-0.1, -0.05) is 25.1 Å². The molecular formula is C12H18N2O3S. The molecule has 0 bridgehead atoms. The third kappa shape index (κ3) is 4.12. The fourth-order valence-corrected chi connectivity index (χ4v) is 2.58. The van der Waals surface area contributed by atoms with Gasteiger partial charge in [0.2, 0.25) is 15.9 Å². The molecule has 1 rings (SSSR count). The first-order valence-electron chi connectivity index (χ1n) is 5.82. The van der Waals surface area contributed by atoms with E-state index in [-0.39, 0.29) is 10.8 Å². The van der Waals surface area contributed by atoms with Gasteiger partial charge in [-0.2, -0.15) is 4.72 Å². The summed E-state index contributed by atoms with van der Waals surface area (Å²) in [5, 5.41) is 2.64. The number of sulfonamides is 1. The summed E-state index contributed by atoms with van der Waals surface area (Å²) in [6, 6.07) is 7.18. The van der Waals surface area contributed by atoms with Crippen molar-refractivity contribution in [2.45, 2.75) is 31.2 Å². The highest BCUT2D eigenvalue weighted by Gasteiger charge is 2.21. The maximum atomic E-state index is 11.9. The average Bonchev–Trinajstić information content (AvgIpc) is 2.36. The van der Waals surface area contributed by atoms with Crippen molar-refractivity contribution in [3.05, 3.63) is 30.3 Å². The second-order valence-electron chi connectivity index (χ2n) is 3.95. The lowest BCUT2D eigenvalue weighted by atomic mass is 10.3. The van der Waals surface area contributed by atoms with E-state index in [9.17, 15) is 13.2 Å². The van der Waals surface area contributed by atoms with Gasteiger partial charge in [-0.3, -0.25) is 4.79 Å². The third-order valence-corrected chi connectivity index (χ3v) is 3.88. The molecule has 0 aromatic heterocycles. The van der Waals surface area contributed by atoms with Crippen molar-refractivity contribution in [3.8, 4) is 0 Å². The summed E-state index contributed by atoms with van der Waals surface area (Å²) in [6.45, 7) is 3.99. The molecule has 0 radical (unpaired) electrons. The van der Waals surface area contributed by atoms with Crippen molar-refractivity contribution >= 4 is 15.9 Å². The third-order valence-electron chi connectivity index (χ3n) is 2.33. The molecule has 0 spiro atoms. The fraction of sp³-hybridized carbons (Fsp3) is 0.417. The Morgan fingerprint density at radius 2 is 1.89 bits per heavy atom. The Morgan fingerprint density at radius 3 is 2.44 bits per heavy atom. The van der Waals surface area contributed by atoms with Crippen molar-refractivity contribution in [3.63, 3.8) is 0 Å². The Hall–Kier alpha value is -1.40. The van der Waals surface area contributed by atoms with E-state index in [1.165, 1.54) is 19.1 Å². The number of nitrogens with one attached hydrogen (secondary N) is 2. The molecule has 1 unspecified atom stereocenters. The average molecular weight is 270 g/mol. The standard InChI is InChI=1S/C12H18N2O3S/c1-3-9-13-12(15)10(2)14-18(16,17)11-7-5-4-6-8-11/h4-8,10,14H,3,9H2,1-2H3,(H,13,15). The molecule has 1 amide bonds. The minimum absolute atomic E-state index is 0.153. The summed E-state index contributed by atoms with van der Waals surface area (Å²) < 4.78 is 26.2. The van der Waals surface area contributed by atoms with Gasteiger partial charge in [0.1, 0.15) is 0 Å². The highest BCUT2D eigenvalue weighted by Crippen LogP contribution is 2.07. The van der Waals surface area contributed by atoms with E-state index in [1.807, 2.05) is 6.92 Å². The largest absolute Gasteiger partial charge is 0.355 e. The molecule has 18 heavy (non-hydrogen) atoms. The zero-order valence-electron chi connectivity index (χ0n) is 10.5. The summed E-state index contributed by atoms with van der Waals surface area (Å²) >= 11 is 0. The Morgan fingerprint density at radius 1 is 1.28 bits per heavy atom. The molecule has 0 saturated heterocycles. The van der Waals surface area contributed by atoms with E-state index in [0.717, 1.165) is 6.42 Å². The summed E-state index contributed by atoms with van der Waals surface area (Å²) in [7, 11) is -3.64. The van der Waals surface area contributed by atoms with Crippen LogP contribution in [-0.2, 0) is 14.8 Å². The van der Waals surface area contributed by atoms with Crippen LogP contribution >= 0.6 is 0 Å². The molecule has 0 saturated carbocycles. The van der Waals surface area contributed by atoms with E-state index in [4.69, 9.17) is 0 Å². The molecule has 0 heterocycles. The molecule has 100 valence electrons. The SMILES string of the molecule is CCCNC(=O)C(C)NS(=O)(=O)c1ccccc1. The first kappa shape index (κ1) is 14.7. The Balaban J connectivity index is 2.69. The van der Waals surface area contributed by atoms with Crippen LogP contribution in [0.3, 0.4) is 0 Å². The highest BCUT2D eigenvalue weighted by atomic mass is 32.2. The van der Waals surface area contributed by atoms with Gasteiger partial charge in [-0.25, -0.2) is 8.42 Å². The Bertz CT molecular complexity index is 485. The topological polar surface area (TPSA) is 75.3 Å². The van der Waals surface area contributed by atoms with Gasteiger partial charge in [0.15, 0.2) is 0 Å². The molecule has 1 aromatic carbocycles. The van der Waals surface area contributed by atoms with E-state index < -0.39 is 16.1 Å². The number of rotatable bonds is 6. The number of benzene rings is 1. The molecule has 1 atom stereocenters. The molecule has 0 aliphatic rings. The minimum atomic E-state index is -3.64. The van der Waals surface area contributed by atoms with E-state index in [0.29, 0.717) is 6.54 Å². The van der Waals surface area contributed by atoms with Gasteiger partial charge in [-0.15, -0.1) is 0 Å². The second kappa shape index (κ2) is 6.51. The maximum Gasteiger partial charge on any atom is 0.241 e. The van der Waals surface area contributed by atoms with Crippen LogP contribution in [0.4, 0.5) is 0 Å². The minimum Gasteiger partial charge on any atom is -0.355 e. The quantitative estimate of drug-likeness (QED) is 0.805. The van der Waals surface area contributed by atoms with Gasteiger partial charge in [0, 0.05) is 6.54 Å². The first-order chi connectivity index (χ1) is 8.47. The van der Waals surface area contributed by atoms with Crippen molar-refractivity contribution < 1.29 is 13.2 Å². The monoisotopic (exact) mass is 270 g/mol. The van der Waals surface area contributed by atoms with E-state index in [2.05, 4.69) is 10.0 Å². The van der Waals surface area contributed by atoms with Gasteiger partial charge >= 0.3 is 0 Å². The zero-order valence-corrected chi connectivity index (χ0v) is 11.3. The normalized spacial score (nSPS) is 13.0. The van der Waals surface area contributed by atoms with Crippen LogP contribution in [-0.4, -0.2) is 26.9 Å². The summed E-state index contributed by atoms with van der Waals surface area (Å²) in [6.07, 6.45) is 0.809. The first-order valence-corrected chi connectivity index (χ1v) is 7.30. The van der Waals surface area contributed by atoms with Crippen LogP contribution in [0.1, 0.15) is 20.3 Å². The number of hydrogen-bond acceptors (Lipinski definition) is 3. The molecule has 0 aliphatic heterocycles. The molecule has 2 N–H and O–H groups in total. The van der Waals surface area contributed by atoms with Gasteiger partial charge in [-0.05, 0) is 25.5 Å². The van der Waals surface area contributed by atoms with Gasteiger partial charge < -0.3 is 5.32 Å². The molecule has 6 heteroatoms. The van der Waals surface area contributed by atoms with Crippen LogP contribution in [0.15, 0.2) is 35.2 Å². The van der Waals surface area contributed by atoms with Crippen LogP contribution in [0.25, 0.3) is 0 Å². The van der Waals surface area contributed by atoms with Gasteiger partial charge in [0.05, 0.1) is 10.9 Å². The molecule has 0 fully saturated rings. The summed E-state index contributed by atoms with van der Waals surface area (Å²) in [4.78, 5) is 11.7. The van der Waals surface area contributed by atoms with E-state index >= 15 is 0 Å². The zero-order chi connectivity index (χ0) is 13.6. The molecule has 1 aromatic rings. The van der Waals surface area contributed by atoms with Crippen LogP contribution in [0, 0.1) is 0 Å². The van der Waals surface area contributed by atoms with Gasteiger partial charge in [0.25, 0.3) is 0 Å². The molecular weight excluding hydrogens is 252 g/mol. The van der Waals surface area contributed by atoms with Crippen molar-refractivity contribution in [1.29, 1.82) is 0 Å². The highest BCUT2D eigenvalue weighted by molar-refractivity contribution is 7.89. The van der Waals surface area contributed by atoms with Crippen molar-refractivity contribution in [2.75, 3.05) is 6.54 Å². The lowest BCUT2D eigenvalue weighted by molar-refractivity contribution is -0.122. The Kier molecular flexibility index (Phi) is 5.30. The van der Waals surface area contributed by atoms with Crippen molar-refractivity contribution in [1.82, 2.24) is 10.0 Å². The summed E-state index contributed by atoms with van der Waals surface area (Å²) in [5.74, 6) is -0.323. The maximum absolute atomic E-state index is 11.9. The van der Waals surface area contributed by atoms with E-state index in [1.54, 1.807) is 18.2 Å². The lowest BCUT2D eigenvalue weighted by Crippen LogP contribution is -2.44. The number of amides is 1. The number of hydrogen-bond donors (Lipinski definition) is 2. The molecule has 0 aliphatic carbocycles. The number of carbonyl (C=O) groups excluding carboxylic acids is 1. The van der Waals surface area contributed by atoms with Crippen molar-refractivity contribution in [2.24, 2.45) is 0 Å². The second-order valence-corrected chi connectivity index (χ2v) is 5.66. The van der Waals surface area contributed by atoms with Crippen LogP contribution in [0.5, 0.6) is 0 Å². The van der Waals surface area contributed by atoms with Crippen LogP contribution < -0.4 is 10.0 Å². The number of carbonyl (C=O) groups is 1. The lowest BCUT2D eigenvalue weighted by Gasteiger charge is -2.14. The smallest absolute Gasteiger partial charge is 0.241 e. The Labute approximate surface area is 108 Å². The van der Waals surface area contributed by atoms with Crippen LogP contribution in [0.2, 0.25) is 0 Å². The predicted molar refractivity (Wildman–Crippen MR) is 69.5 cm³/mol.